The quantitative estimate of drug-likeness (QED) is 0.852. The molecule has 2 aliphatic rings. The first-order valence-corrected chi connectivity index (χ1v) is 8.75. The number of nitriles is 1. The lowest BCUT2D eigenvalue weighted by Gasteiger charge is -2.37. The van der Waals surface area contributed by atoms with Crippen molar-refractivity contribution in [2.75, 3.05) is 32.9 Å². The summed E-state index contributed by atoms with van der Waals surface area (Å²) in [6.45, 7) is 3.30. The molecule has 2 aliphatic heterocycles. The molecule has 0 aliphatic carbocycles. The number of ether oxygens (including phenoxy) is 2. The number of para-hydroxylation sites is 1. The monoisotopic (exact) mass is 328 g/mol. The summed E-state index contributed by atoms with van der Waals surface area (Å²) in [6, 6.07) is 9.12. The summed E-state index contributed by atoms with van der Waals surface area (Å²) in [5.41, 5.74) is 0.548. The summed E-state index contributed by atoms with van der Waals surface area (Å²) >= 11 is 0. The van der Waals surface area contributed by atoms with Gasteiger partial charge in [0.25, 0.3) is 5.91 Å². The van der Waals surface area contributed by atoms with Crippen LogP contribution in [0.5, 0.6) is 5.75 Å². The van der Waals surface area contributed by atoms with Gasteiger partial charge in [-0.1, -0.05) is 12.1 Å². The molecule has 2 heterocycles. The van der Waals surface area contributed by atoms with Crippen molar-refractivity contribution in [3.8, 4) is 11.8 Å². The van der Waals surface area contributed by atoms with E-state index >= 15 is 0 Å². The van der Waals surface area contributed by atoms with Gasteiger partial charge in [0.2, 0.25) is 0 Å². The molecular weight excluding hydrogens is 304 g/mol. The topological polar surface area (TPSA) is 62.6 Å². The molecule has 5 heteroatoms. The first-order chi connectivity index (χ1) is 11.8. The van der Waals surface area contributed by atoms with E-state index in [1.165, 1.54) is 6.42 Å². The fourth-order valence-corrected chi connectivity index (χ4v) is 3.76. The van der Waals surface area contributed by atoms with Crippen LogP contribution in [0.4, 0.5) is 0 Å². The van der Waals surface area contributed by atoms with E-state index in [1.807, 2.05) is 23.1 Å². The lowest BCUT2D eigenvalue weighted by atomic mass is 9.81. The van der Waals surface area contributed by atoms with Crippen LogP contribution in [0.2, 0.25) is 0 Å². The highest BCUT2D eigenvalue weighted by Gasteiger charge is 2.30. The Labute approximate surface area is 143 Å². The molecular formula is C19H24N2O3. The zero-order chi connectivity index (χ0) is 16.8. The maximum absolute atomic E-state index is 12.8. The second-order valence-electron chi connectivity index (χ2n) is 6.55. The number of piperidine rings is 1. The molecule has 0 N–H and O–H groups in total. The van der Waals surface area contributed by atoms with Gasteiger partial charge in [0, 0.05) is 26.3 Å². The first-order valence-electron chi connectivity index (χ1n) is 8.75. The molecule has 128 valence electrons. The summed E-state index contributed by atoms with van der Waals surface area (Å²) in [5, 5.41) is 8.68. The van der Waals surface area contributed by atoms with Gasteiger partial charge in [0.1, 0.15) is 11.8 Å². The van der Waals surface area contributed by atoms with Gasteiger partial charge in [-0.15, -0.1) is 0 Å². The number of nitrogens with zero attached hydrogens (tertiary/aromatic N) is 2. The van der Waals surface area contributed by atoms with Gasteiger partial charge in [-0.25, -0.2) is 0 Å². The largest absolute Gasteiger partial charge is 0.478 e. The molecule has 0 bridgehead atoms. The Morgan fingerprint density at radius 1 is 1.25 bits per heavy atom. The maximum atomic E-state index is 12.8. The average molecular weight is 328 g/mol. The highest BCUT2D eigenvalue weighted by atomic mass is 16.5. The van der Waals surface area contributed by atoms with Gasteiger partial charge in [0.05, 0.1) is 5.56 Å². The van der Waals surface area contributed by atoms with Gasteiger partial charge in [-0.3, -0.25) is 4.79 Å². The zero-order valence-corrected chi connectivity index (χ0v) is 13.9. The van der Waals surface area contributed by atoms with Crippen molar-refractivity contribution in [3.05, 3.63) is 29.8 Å². The normalized spacial score (nSPS) is 22.0. The molecule has 1 unspecified atom stereocenters. The minimum atomic E-state index is -0.0476. The van der Waals surface area contributed by atoms with Crippen molar-refractivity contribution < 1.29 is 14.3 Å². The van der Waals surface area contributed by atoms with E-state index in [2.05, 4.69) is 0 Å². The van der Waals surface area contributed by atoms with E-state index in [-0.39, 0.29) is 12.5 Å². The number of hydrogen-bond acceptors (Lipinski definition) is 4. The first kappa shape index (κ1) is 16.8. The van der Waals surface area contributed by atoms with Crippen LogP contribution in [0.25, 0.3) is 0 Å². The molecule has 0 saturated carbocycles. The third-order valence-corrected chi connectivity index (χ3v) is 5.10. The highest BCUT2D eigenvalue weighted by Crippen LogP contribution is 2.31. The fourth-order valence-electron chi connectivity index (χ4n) is 3.76. The molecule has 2 saturated heterocycles. The molecule has 1 aromatic carbocycles. The van der Waals surface area contributed by atoms with E-state index in [9.17, 15) is 4.79 Å². The van der Waals surface area contributed by atoms with Crippen LogP contribution in [0.1, 0.15) is 36.0 Å². The number of carbonyl (C=O) groups excluding carboxylic acids is 1. The smallest absolute Gasteiger partial charge is 0.257 e. The molecule has 1 atom stereocenters. The van der Waals surface area contributed by atoms with Crippen molar-refractivity contribution in [1.29, 1.82) is 5.26 Å². The Balaban J connectivity index is 1.60. The fraction of sp³-hybridized carbons (Fsp3) is 0.579. The number of likely N-dealkylation sites (tertiary alicyclic amines) is 1. The second-order valence-corrected chi connectivity index (χ2v) is 6.55. The molecule has 3 rings (SSSR count). The number of amides is 1. The number of rotatable bonds is 4. The number of carbonyl (C=O) groups is 1. The number of benzene rings is 1. The lowest BCUT2D eigenvalue weighted by molar-refractivity contribution is 0.0140. The standard InChI is InChI=1S/C19H24N2O3/c20-9-13-24-18-6-2-1-5-17(18)19(22)21-10-7-15(8-11-21)16-4-3-12-23-14-16/h1-2,5-6,15-16H,3-4,7-8,10-14H2. The molecule has 0 radical (unpaired) electrons. The van der Waals surface area contributed by atoms with Crippen molar-refractivity contribution in [2.24, 2.45) is 11.8 Å². The van der Waals surface area contributed by atoms with E-state index in [4.69, 9.17) is 14.7 Å². The van der Waals surface area contributed by atoms with Crippen LogP contribution < -0.4 is 4.74 Å². The Hall–Kier alpha value is -2.06. The third-order valence-electron chi connectivity index (χ3n) is 5.10. The second kappa shape index (κ2) is 8.16. The molecule has 1 aromatic rings. The molecule has 24 heavy (non-hydrogen) atoms. The Bertz CT molecular complexity index is 597. The van der Waals surface area contributed by atoms with E-state index in [0.717, 1.165) is 45.6 Å². The van der Waals surface area contributed by atoms with Gasteiger partial charge in [-0.2, -0.15) is 5.26 Å². The SMILES string of the molecule is N#CCOc1ccccc1C(=O)N1CCC(C2CCCOC2)CC1. The van der Waals surface area contributed by atoms with Crippen LogP contribution in [0, 0.1) is 23.2 Å². The van der Waals surface area contributed by atoms with Gasteiger partial charge in [0.15, 0.2) is 6.61 Å². The maximum Gasteiger partial charge on any atom is 0.257 e. The van der Waals surface area contributed by atoms with Gasteiger partial charge >= 0.3 is 0 Å². The summed E-state index contributed by atoms with van der Waals surface area (Å²) in [7, 11) is 0. The predicted octanol–water partition coefficient (Wildman–Crippen LogP) is 2.87. The minimum Gasteiger partial charge on any atom is -0.478 e. The zero-order valence-electron chi connectivity index (χ0n) is 13.9. The van der Waals surface area contributed by atoms with E-state index in [1.54, 1.807) is 12.1 Å². The Kier molecular flexibility index (Phi) is 5.71. The van der Waals surface area contributed by atoms with Crippen molar-refractivity contribution in [2.45, 2.75) is 25.7 Å². The molecule has 0 aromatic heterocycles. The average Bonchev–Trinajstić information content (AvgIpc) is 2.67. The lowest BCUT2D eigenvalue weighted by Crippen LogP contribution is -2.41. The van der Waals surface area contributed by atoms with Crippen LogP contribution in [0.3, 0.4) is 0 Å². The summed E-state index contributed by atoms with van der Waals surface area (Å²) in [5.74, 6) is 1.82. The summed E-state index contributed by atoms with van der Waals surface area (Å²) in [4.78, 5) is 14.7. The van der Waals surface area contributed by atoms with Crippen molar-refractivity contribution >= 4 is 5.91 Å². The molecule has 1 amide bonds. The molecule has 0 spiro atoms. The third kappa shape index (κ3) is 3.88. The van der Waals surface area contributed by atoms with E-state index in [0.29, 0.717) is 23.1 Å². The number of hydrogen-bond donors (Lipinski definition) is 0. The molecule has 5 nitrogen and oxygen atoms in total. The van der Waals surface area contributed by atoms with E-state index < -0.39 is 0 Å². The van der Waals surface area contributed by atoms with Gasteiger partial charge in [-0.05, 0) is 49.7 Å². The van der Waals surface area contributed by atoms with Crippen LogP contribution in [-0.4, -0.2) is 43.7 Å². The Morgan fingerprint density at radius 2 is 2.04 bits per heavy atom. The summed E-state index contributed by atoms with van der Waals surface area (Å²) < 4.78 is 11.0. The summed E-state index contributed by atoms with van der Waals surface area (Å²) in [6.07, 6.45) is 4.50. The predicted molar refractivity (Wildman–Crippen MR) is 89.7 cm³/mol. The van der Waals surface area contributed by atoms with Crippen LogP contribution >= 0.6 is 0 Å². The van der Waals surface area contributed by atoms with Crippen molar-refractivity contribution in [3.63, 3.8) is 0 Å². The highest BCUT2D eigenvalue weighted by molar-refractivity contribution is 5.97. The van der Waals surface area contributed by atoms with Crippen LogP contribution in [0.15, 0.2) is 24.3 Å². The van der Waals surface area contributed by atoms with Crippen LogP contribution in [-0.2, 0) is 4.74 Å². The van der Waals surface area contributed by atoms with Crippen molar-refractivity contribution in [1.82, 2.24) is 4.90 Å². The molecule has 2 fully saturated rings. The van der Waals surface area contributed by atoms with Gasteiger partial charge < -0.3 is 14.4 Å². The minimum absolute atomic E-state index is 0.00174. The Morgan fingerprint density at radius 3 is 2.75 bits per heavy atom.